The smallest absolute Gasteiger partial charge is 0.159 e. The van der Waals surface area contributed by atoms with Crippen molar-refractivity contribution < 1.29 is 9.53 Å². The van der Waals surface area contributed by atoms with Crippen LogP contribution in [0.3, 0.4) is 0 Å². The first-order chi connectivity index (χ1) is 11.1. The van der Waals surface area contributed by atoms with E-state index in [9.17, 15) is 4.79 Å². The van der Waals surface area contributed by atoms with E-state index in [1.807, 2.05) is 25.1 Å². The topological polar surface area (TPSA) is 55.6 Å². The lowest BCUT2D eigenvalue weighted by atomic mass is 9.78. The lowest BCUT2D eigenvalue weighted by Gasteiger charge is -2.29. The van der Waals surface area contributed by atoms with Crippen molar-refractivity contribution in [3.63, 3.8) is 0 Å². The second kappa shape index (κ2) is 7.02. The molecule has 1 aliphatic heterocycles. The fraction of sp³-hybridized carbons (Fsp3) is 0.632. The van der Waals surface area contributed by atoms with Gasteiger partial charge in [0.15, 0.2) is 5.78 Å². The number of ether oxygens (including phenoxy) is 1. The average Bonchev–Trinajstić information content (AvgIpc) is 2.93. The van der Waals surface area contributed by atoms with Gasteiger partial charge in [-0.25, -0.2) is 0 Å². The van der Waals surface area contributed by atoms with Gasteiger partial charge in [-0.05, 0) is 56.7 Å². The number of fused-ring (bicyclic) bond motifs is 1. The van der Waals surface area contributed by atoms with Crippen LogP contribution in [0, 0.1) is 11.8 Å². The van der Waals surface area contributed by atoms with Crippen molar-refractivity contribution in [1.29, 1.82) is 0 Å². The summed E-state index contributed by atoms with van der Waals surface area (Å²) in [5.74, 6) is 2.38. The van der Waals surface area contributed by atoms with Crippen molar-refractivity contribution in [2.24, 2.45) is 17.6 Å². The summed E-state index contributed by atoms with van der Waals surface area (Å²) in [5.41, 5.74) is 8.20. The summed E-state index contributed by atoms with van der Waals surface area (Å²) in [6, 6.07) is 6.14. The fourth-order valence-electron chi connectivity index (χ4n) is 4.20. The highest BCUT2D eigenvalue weighted by atomic mass is 16.5. The van der Waals surface area contributed by atoms with E-state index in [1.54, 1.807) is 6.92 Å². The van der Waals surface area contributed by atoms with Gasteiger partial charge in [0.2, 0.25) is 0 Å². The first-order valence-corrected chi connectivity index (χ1v) is 8.83. The van der Waals surface area contributed by atoms with Crippen LogP contribution in [-0.2, 0) is 6.54 Å². The molecular formula is C19H28N2O2. The van der Waals surface area contributed by atoms with Gasteiger partial charge in [0.25, 0.3) is 0 Å². The molecule has 2 fully saturated rings. The Kier molecular flexibility index (Phi) is 5.02. The highest BCUT2D eigenvalue weighted by molar-refractivity contribution is 5.94. The third-order valence-electron chi connectivity index (χ3n) is 5.39. The minimum Gasteiger partial charge on any atom is -0.494 e. The summed E-state index contributed by atoms with van der Waals surface area (Å²) in [6.07, 6.45) is 3.74. The molecule has 1 saturated carbocycles. The van der Waals surface area contributed by atoms with Crippen molar-refractivity contribution in [2.75, 3.05) is 19.7 Å². The third kappa shape index (κ3) is 3.59. The minimum absolute atomic E-state index is 0.103. The van der Waals surface area contributed by atoms with E-state index in [0.29, 0.717) is 18.6 Å². The molecule has 126 valence electrons. The summed E-state index contributed by atoms with van der Waals surface area (Å²) in [6.45, 7) is 7.28. The second-order valence-electron chi connectivity index (χ2n) is 7.02. The number of hydrogen-bond acceptors (Lipinski definition) is 4. The monoisotopic (exact) mass is 316 g/mol. The first-order valence-electron chi connectivity index (χ1n) is 8.83. The first kappa shape index (κ1) is 16.5. The number of benzene rings is 1. The predicted molar refractivity (Wildman–Crippen MR) is 91.7 cm³/mol. The zero-order valence-electron chi connectivity index (χ0n) is 14.3. The van der Waals surface area contributed by atoms with Gasteiger partial charge in [-0.1, -0.05) is 6.42 Å². The average molecular weight is 316 g/mol. The van der Waals surface area contributed by atoms with E-state index in [-0.39, 0.29) is 5.78 Å². The van der Waals surface area contributed by atoms with Crippen molar-refractivity contribution in [3.05, 3.63) is 29.3 Å². The van der Waals surface area contributed by atoms with Gasteiger partial charge in [0.1, 0.15) is 5.75 Å². The number of rotatable bonds is 5. The van der Waals surface area contributed by atoms with Crippen LogP contribution in [0.2, 0.25) is 0 Å². The van der Waals surface area contributed by atoms with Gasteiger partial charge in [0.05, 0.1) is 6.61 Å². The number of nitrogens with two attached hydrogens (primary N) is 1. The molecule has 4 nitrogen and oxygen atoms in total. The molecule has 3 rings (SSSR count). The van der Waals surface area contributed by atoms with Crippen LogP contribution in [0.15, 0.2) is 18.2 Å². The van der Waals surface area contributed by atoms with Crippen molar-refractivity contribution in [2.45, 2.75) is 45.7 Å². The molecule has 0 bridgehead atoms. The van der Waals surface area contributed by atoms with E-state index < -0.39 is 0 Å². The quantitative estimate of drug-likeness (QED) is 0.849. The van der Waals surface area contributed by atoms with E-state index >= 15 is 0 Å². The van der Waals surface area contributed by atoms with E-state index in [1.165, 1.54) is 19.3 Å². The number of nitrogens with zero attached hydrogens (tertiary/aromatic N) is 1. The van der Waals surface area contributed by atoms with E-state index in [2.05, 4.69) is 4.90 Å². The minimum atomic E-state index is 0.103. The van der Waals surface area contributed by atoms with Crippen LogP contribution in [0.1, 0.15) is 49.0 Å². The lowest BCUT2D eigenvalue weighted by Crippen LogP contribution is -2.38. The van der Waals surface area contributed by atoms with Crippen LogP contribution in [0.4, 0.5) is 0 Å². The molecule has 1 aliphatic carbocycles. The molecule has 23 heavy (non-hydrogen) atoms. The zero-order valence-corrected chi connectivity index (χ0v) is 14.3. The standard InChI is InChI=1S/C19H28N2O2/c1-3-23-19-8-7-14(13(2)22)9-16(19)11-21-10-15-5-4-6-18(20)17(15)12-21/h7-9,15,17-18H,3-6,10-12,20H2,1-2H3. The molecule has 0 radical (unpaired) electrons. The van der Waals surface area contributed by atoms with E-state index in [0.717, 1.165) is 42.4 Å². The Morgan fingerprint density at radius 2 is 2.17 bits per heavy atom. The van der Waals surface area contributed by atoms with Crippen molar-refractivity contribution >= 4 is 5.78 Å². The van der Waals surface area contributed by atoms with Crippen LogP contribution in [0.25, 0.3) is 0 Å². The predicted octanol–water partition coefficient (Wildman–Crippen LogP) is 2.85. The van der Waals surface area contributed by atoms with Gasteiger partial charge >= 0.3 is 0 Å². The highest BCUT2D eigenvalue weighted by Gasteiger charge is 2.38. The molecule has 3 unspecified atom stereocenters. The third-order valence-corrected chi connectivity index (χ3v) is 5.39. The van der Waals surface area contributed by atoms with Gasteiger partial charge in [-0.15, -0.1) is 0 Å². The van der Waals surface area contributed by atoms with Gasteiger partial charge in [-0.3, -0.25) is 9.69 Å². The Hall–Kier alpha value is -1.39. The Labute approximate surface area is 139 Å². The largest absolute Gasteiger partial charge is 0.494 e. The summed E-state index contributed by atoms with van der Waals surface area (Å²) < 4.78 is 5.76. The molecule has 1 aromatic carbocycles. The van der Waals surface area contributed by atoms with Crippen molar-refractivity contribution in [3.8, 4) is 5.75 Å². The zero-order chi connectivity index (χ0) is 16.4. The van der Waals surface area contributed by atoms with Gasteiger partial charge < -0.3 is 10.5 Å². The summed E-state index contributed by atoms with van der Waals surface area (Å²) in [7, 11) is 0. The number of likely N-dealkylation sites (tertiary alicyclic amines) is 1. The molecule has 1 saturated heterocycles. The molecule has 1 heterocycles. The van der Waals surface area contributed by atoms with E-state index in [4.69, 9.17) is 10.5 Å². The molecule has 2 aliphatic rings. The fourth-order valence-corrected chi connectivity index (χ4v) is 4.20. The lowest BCUT2D eigenvalue weighted by molar-refractivity contribution is 0.101. The molecule has 3 atom stereocenters. The number of carbonyl (C=O) groups is 1. The van der Waals surface area contributed by atoms with Gasteiger partial charge in [-0.2, -0.15) is 0 Å². The SMILES string of the molecule is CCOc1ccc(C(C)=O)cc1CN1CC2CCCC(N)C2C1. The van der Waals surface area contributed by atoms with Crippen LogP contribution < -0.4 is 10.5 Å². The molecule has 0 amide bonds. The number of hydrogen-bond donors (Lipinski definition) is 1. The Bertz CT molecular complexity index is 572. The van der Waals surface area contributed by atoms with Crippen molar-refractivity contribution in [1.82, 2.24) is 4.90 Å². The molecule has 4 heteroatoms. The summed E-state index contributed by atoms with van der Waals surface area (Å²) in [5, 5.41) is 0. The Balaban J connectivity index is 1.76. The van der Waals surface area contributed by atoms with Crippen LogP contribution in [0.5, 0.6) is 5.75 Å². The molecule has 0 aromatic heterocycles. The summed E-state index contributed by atoms with van der Waals surface area (Å²) in [4.78, 5) is 14.2. The normalized spacial score (nSPS) is 27.7. The number of Topliss-reactive ketones (excluding diaryl/α,β-unsaturated/α-hetero) is 1. The Morgan fingerprint density at radius 3 is 2.87 bits per heavy atom. The maximum atomic E-state index is 11.7. The van der Waals surface area contributed by atoms with Crippen LogP contribution >= 0.6 is 0 Å². The molecule has 2 N–H and O–H groups in total. The molecule has 1 aromatic rings. The van der Waals surface area contributed by atoms with Crippen LogP contribution in [-0.4, -0.2) is 36.4 Å². The molecule has 0 spiro atoms. The Morgan fingerprint density at radius 1 is 1.35 bits per heavy atom. The number of ketones is 1. The highest BCUT2D eigenvalue weighted by Crippen LogP contribution is 2.36. The molecular weight excluding hydrogens is 288 g/mol. The number of carbonyl (C=O) groups excluding carboxylic acids is 1. The maximum absolute atomic E-state index is 11.7. The summed E-state index contributed by atoms with van der Waals surface area (Å²) >= 11 is 0. The van der Waals surface area contributed by atoms with Gasteiger partial charge in [0, 0.05) is 36.8 Å². The second-order valence-corrected chi connectivity index (χ2v) is 7.02. The maximum Gasteiger partial charge on any atom is 0.159 e.